The summed E-state index contributed by atoms with van der Waals surface area (Å²) in [5.41, 5.74) is 1.75. The molecule has 0 aromatic heterocycles. The molecular weight excluding hydrogens is 222 g/mol. The second kappa shape index (κ2) is 5.75. The van der Waals surface area contributed by atoms with Crippen molar-refractivity contribution in [3.05, 3.63) is 29.8 Å². The molecule has 1 unspecified atom stereocenters. The fourth-order valence-electron chi connectivity index (χ4n) is 2.86. The molecule has 0 saturated heterocycles. The van der Waals surface area contributed by atoms with Gasteiger partial charge in [0.2, 0.25) is 0 Å². The number of benzene rings is 1. The van der Waals surface area contributed by atoms with Gasteiger partial charge in [0.05, 0.1) is 6.61 Å². The van der Waals surface area contributed by atoms with Crippen LogP contribution in [-0.2, 0) is 6.54 Å². The average Bonchev–Trinajstić information content (AvgIpc) is 2.67. The molecule has 2 rings (SSSR count). The van der Waals surface area contributed by atoms with Gasteiger partial charge in [-0.3, -0.25) is 0 Å². The Morgan fingerprint density at radius 3 is 2.89 bits per heavy atom. The van der Waals surface area contributed by atoms with Crippen LogP contribution in [0.15, 0.2) is 24.3 Å². The van der Waals surface area contributed by atoms with Crippen LogP contribution in [0, 0.1) is 5.41 Å². The van der Waals surface area contributed by atoms with Gasteiger partial charge in [-0.15, -0.1) is 0 Å². The number of hydrogen-bond donors (Lipinski definition) is 1. The number of nitrogens with one attached hydrogen (secondary N) is 1. The molecule has 0 bridgehead atoms. The van der Waals surface area contributed by atoms with Gasteiger partial charge in [-0.05, 0) is 42.9 Å². The van der Waals surface area contributed by atoms with Gasteiger partial charge in [0.15, 0.2) is 0 Å². The van der Waals surface area contributed by atoms with Crippen LogP contribution < -0.4 is 10.1 Å². The van der Waals surface area contributed by atoms with E-state index in [1.54, 1.807) is 0 Å². The largest absolute Gasteiger partial charge is 0.494 e. The Bertz CT molecular complexity index is 386. The standard InChI is InChI=1S/C16H25NO/c1-4-18-14-8-5-7-13(11-14)12-17-15-9-6-10-16(15,2)3/h5,7-8,11,15,17H,4,6,9-10,12H2,1-3H3. The van der Waals surface area contributed by atoms with Gasteiger partial charge in [0.25, 0.3) is 0 Å². The first-order valence-corrected chi connectivity index (χ1v) is 7.07. The monoisotopic (exact) mass is 247 g/mol. The summed E-state index contributed by atoms with van der Waals surface area (Å²) in [6.07, 6.45) is 3.99. The van der Waals surface area contributed by atoms with Crippen molar-refractivity contribution in [3.63, 3.8) is 0 Å². The molecule has 2 heteroatoms. The summed E-state index contributed by atoms with van der Waals surface area (Å²) >= 11 is 0. The van der Waals surface area contributed by atoms with Crippen molar-refractivity contribution in [3.8, 4) is 5.75 Å². The minimum Gasteiger partial charge on any atom is -0.494 e. The van der Waals surface area contributed by atoms with E-state index >= 15 is 0 Å². The first-order valence-electron chi connectivity index (χ1n) is 7.07. The Kier molecular flexibility index (Phi) is 4.28. The molecule has 0 aliphatic heterocycles. The third-order valence-electron chi connectivity index (χ3n) is 4.02. The van der Waals surface area contributed by atoms with Gasteiger partial charge in [-0.25, -0.2) is 0 Å². The molecule has 1 fully saturated rings. The van der Waals surface area contributed by atoms with Crippen LogP contribution in [0.4, 0.5) is 0 Å². The second-order valence-corrected chi connectivity index (χ2v) is 5.89. The summed E-state index contributed by atoms with van der Waals surface area (Å²) in [6, 6.07) is 9.04. The predicted molar refractivity (Wildman–Crippen MR) is 75.9 cm³/mol. The lowest BCUT2D eigenvalue weighted by Crippen LogP contribution is -2.37. The molecule has 0 heterocycles. The molecule has 0 radical (unpaired) electrons. The molecule has 0 amide bonds. The van der Waals surface area contributed by atoms with E-state index in [0.29, 0.717) is 11.5 Å². The summed E-state index contributed by atoms with van der Waals surface area (Å²) in [4.78, 5) is 0. The van der Waals surface area contributed by atoms with E-state index in [-0.39, 0.29) is 0 Å². The van der Waals surface area contributed by atoms with Crippen LogP contribution in [0.2, 0.25) is 0 Å². The van der Waals surface area contributed by atoms with Crippen molar-refractivity contribution in [2.75, 3.05) is 6.61 Å². The molecule has 18 heavy (non-hydrogen) atoms. The van der Waals surface area contributed by atoms with E-state index in [0.717, 1.165) is 18.9 Å². The first kappa shape index (κ1) is 13.4. The van der Waals surface area contributed by atoms with E-state index in [2.05, 4.69) is 37.4 Å². The zero-order valence-electron chi connectivity index (χ0n) is 11.8. The Hall–Kier alpha value is -1.02. The molecular formula is C16H25NO. The highest BCUT2D eigenvalue weighted by molar-refractivity contribution is 5.28. The SMILES string of the molecule is CCOc1cccc(CNC2CCCC2(C)C)c1. The third kappa shape index (κ3) is 3.26. The van der Waals surface area contributed by atoms with Crippen LogP contribution in [-0.4, -0.2) is 12.6 Å². The Balaban J connectivity index is 1.91. The van der Waals surface area contributed by atoms with Crippen molar-refractivity contribution in [2.45, 2.75) is 52.6 Å². The van der Waals surface area contributed by atoms with E-state index in [4.69, 9.17) is 4.74 Å². The maximum atomic E-state index is 5.53. The molecule has 1 N–H and O–H groups in total. The highest BCUT2D eigenvalue weighted by Crippen LogP contribution is 2.37. The fourth-order valence-corrected chi connectivity index (χ4v) is 2.86. The van der Waals surface area contributed by atoms with E-state index in [1.165, 1.54) is 24.8 Å². The maximum absolute atomic E-state index is 5.53. The number of ether oxygens (including phenoxy) is 1. The quantitative estimate of drug-likeness (QED) is 0.855. The Morgan fingerprint density at radius 2 is 2.22 bits per heavy atom. The van der Waals surface area contributed by atoms with Crippen molar-refractivity contribution in [1.29, 1.82) is 0 Å². The summed E-state index contributed by atoms with van der Waals surface area (Å²) in [5.74, 6) is 0.975. The van der Waals surface area contributed by atoms with Gasteiger partial charge in [-0.2, -0.15) is 0 Å². The Labute approximate surface area is 111 Å². The van der Waals surface area contributed by atoms with E-state index < -0.39 is 0 Å². The average molecular weight is 247 g/mol. The predicted octanol–water partition coefficient (Wildman–Crippen LogP) is 3.75. The highest BCUT2D eigenvalue weighted by atomic mass is 16.5. The smallest absolute Gasteiger partial charge is 0.119 e. The van der Waals surface area contributed by atoms with Gasteiger partial charge >= 0.3 is 0 Å². The molecule has 1 aromatic rings. The summed E-state index contributed by atoms with van der Waals surface area (Å²) in [6.45, 7) is 8.43. The molecule has 1 aliphatic carbocycles. The molecule has 1 saturated carbocycles. The highest BCUT2D eigenvalue weighted by Gasteiger charge is 2.33. The van der Waals surface area contributed by atoms with Crippen LogP contribution in [0.25, 0.3) is 0 Å². The van der Waals surface area contributed by atoms with Crippen molar-refractivity contribution >= 4 is 0 Å². The topological polar surface area (TPSA) is 21.3 Å². The summed E-state index contributed by atoms with van der Waals surface area (Å²) < 4.78 is 5.53. The lowest BCUT2D eigenvalue weighted by atomic mass is 9.87. The minimum absolute atomic E-state index is 0.442. The zero-order valence-corrected chi connectivity index (χ0v) is 11.8. The maximum Gasteiger partial charge on any atom is 0.119 e. The fraction of sp³-hybridized carbons (Fsp3) is 0.625. The van der Waals surface area contributed by atoms with Crippen LogP contribution >= 0.6 is 0 Å². The molecule has 1 aromatic carbocycles. The van der Waals surface area contributed by atoms with Crippen LogP contribution in [0.1, 0.15) is 45.6 Å². The van der Waals surface area contributed by atoms with Crippen molar-refractivity contribution in [2.24, 2.45) is 5.41 Å². The molecule has 2 nitrogen and oxygen atoms in total. The molecule has 1 aliphatic rings. The summed E-state index contributed by atoms with van der Waals surface area (Å²) in [7, 11) is 0. The first-order chi connectivity index (χ1) is 8.62. The van der Waals surface area contributed by atoms with Crippen LogP contribution in [0.3, 0.4) is 0 Å². The van der Waals surface area contributed by atoms with E-state index in [9.17, 15) is 0 Å². The van der Waals surface area contributed by atoms with Crippen molar-refractivity contribution < 1.29 is 4.74 Å². The zero-order chi connectivity index (χ0) is 13.0. The van der Waals surface area contributed by atoms with Gasteiger partial charge < -0.3 is 10.1 Å². The lowest BCUT2D eigenvalue weighted by Gasteiger charge is -2.28. The van der Waals surface area contributed by atoms with Gasteiger partial charge in [0.1, 0.15) is 5.75 Å². The number of hydrogen-bond acceptors (Lipinski definition) is 2. The number of rotatable bonds is 5. The lowest BCUT2D eigenvalue weighted by molar-refractivity contribution is 0.282. The Morgan fingerprint density at radius 1 is 1.39 bits per heavy atom. The minimum atomic E-state index is 0.442. The van der Waals surface area contributed by atoms with E-state index in [1.807, 2.05) is 13.0 Å². The molecule has 1 atom stereocenters. The molecule has 0 spiro atoms. The van der Waals surface area contributed by atoms with Gasteiger partial charge in [-0.1, -0.05) is 32.4 Å². The van der Waals surface area contributed by atoms with Gasteiger partial charge in [0, 0.05) is 12.6 Å². The molecule has 100 valence electrons. The summed E-state index contributed by atoms with van der Waals surface area (Å²) in [5, 5.41) is 3.70. The van der Waals surface area contributed by atoms with Crippen molar-refractivity contribution in [1.82, 2.24) is 5.32 Å². The van der Waals surface area contributed by atoms with Crippen LogP contribution in [0.5, 0.6) is 5.75 Å². The third-order valence-corrected chi connectivity index (χ3v) is 4.02. The second-order valence-electron chi connectivity index (χ2n) is 5.89. The normalized spacial score (nSPS) is 22.1.